The summed E-state index contributed by atoms with van der Waals surface area (Å²) in [4.78, 5) is 11.3. The Morgan fingerprint density at radius 1 is 1.53 bits per heavy atom. The molecule has 19 heavy (non-hydrogen) atoms. The summed E-state index contributed by atoms with van der Waals surface area (Å²) >= 11 is 0. The van der Waals surface area contributed by atoms with Crippen molar-refractivity contribution in [3.63, 3.8) is 0 Å². The van der Waals surface area contributed by atoms with Crippen LogP contribution < -0.4 is 11.1 Å². The molecule has 0 aliphatic heterocycles. The molecule has 106 valence electrons. The molecule has 0 saturated carbocycles. The first-order chi connectivity index (χ1) is 9.04. The van der Waals surface area contributed by atoms with Crippen molar-refractivity contribution < 1.29 is 13.9 Å². The zero-order valence-electron chi connectivity index (χ0n) is 11.4. The zero-order chi connectivity index (χ0) is 14.3. The van der Waals surface area contributed by atoms with Crippen molar-refractivity contribution in [1.82, 2.24) is 5.32 Å². The van der Waals surface area contributed by atoms with Crippen molar-refractivity contribution in [3.8, 4) is 0 Å². The highest BCUT2D eigenvalue weighted by molar-refractivity contribution is 5.75. The smallest absolute Gasteiger partial charge is 0.324 e. The summed E-state index contributed by atoms with van der Waals surface area (Å²) in [6.07, 6.45) is 0.766. The molecule has 1 unspecified atom stereocenters. The Kier molecular flexibility index (Phi) is 6.45. The van der Waals surface area contributed by atoms with Gasteiger partial charge in [0.25, 0.3) is 0 Å². The summed E-state index contributed by atoms with van der Waals surface area (Å²) in [7, 11) is 0. The number of nitrogens with one attached hydrogen (secondary N) is 1. The predicted octanol–water partition coefficient (Wildman–Crippen LogP) is 1.16. The molecule has 3 N–H and O–H groups in total. The number of hydrogen-bond acceptors (Lipinski definition) is 4. The molecule has 1 aromatic rings. The Bertz CT molecular complexity index is 424. The number of esters is 1. The Morgan fingerprint density at radius 3 is 2.89 bits per heavy atom. The summed E-state index contributed by atoms with van der Waals surface area (Å²) in [6, 6.07) is 4.10. The van der Waals surface area contributed by atoms with Crippen LogP contribution in [0.25, 0.3) is 0 Å². The number of hydrogen-bond donors (Lipinski definition) is 2. The maximum atomic E-state index is 12.9. The molecule has 0 amide bonds. The molecular formula is C14H21FN2O2. The second-order valence-electron chi connectivity index (χ2n) is 4.38. The van der Waals surface area contributed by atoms with E-state index in [1.165, 1.54) is 12.1 Å². The van der Waals surface area contributed by atoms with E-state index in [1.807, 2.05) is 6.92 Å². The first-order valence-corrected chi connectivity index (χ1v) is 6.42. The summed E-state index contributed by atoms with van der Waals surface area (Å²) in [5, 5.41) is 3.10. The molecule has 0 spiro atoms. The van der Waals surface area contributed by atoms with Gasteiger partial charge in [-0.05, 0) is 50.1 Å². The normalized spacial score (nSPS) is 12.2. The fourth-order valence-corrected chi connectivity index (χ4v) is 1.75. The minimum absolute atomic E-state index is 0.224. The van der Waals surface area contributed by atoms with Crippen molar-refractivity contribution in [3.05, 3.63) is 35.1 Å². The van der Waals surface area contributed by atoms with Crippen LogP contribution in [0.1, 0.15) is 18.1 Å². The van der Waals surface area contributed by atoms with Gasteiger partial charge in [-0.3, -0.25) is 4.79 Å². The van der Waals surface area contributed by atoms with Crippen LogP contribution in [0.2, 0.25) is 0 Å². The summed E-state index contributed by atoms with van der Waals surface area (Å²) in [5.41, 5.74) is 7.66. The first-order valence-electron chi connectivity index (χ1n) is 6.42. The van der Waals surface area contributed by atoms with Crippen LogP contribution in [0.4, 0.5) is 4.39 Å². The van der Waals surface area contributed by atoms with E-state index >= 15 is 0 Å². The molecular weight excluding hydrogens is 247 g/mol. The number of rotatable bonds is 7. The third kappa shape index (κ3) is 5.36. The van der Waals surface area contributed by atoms with E-state index in [9.17, 15) is 9.18 Å². The Labute approximate surface area is 113 Å². The average Bonchev–Trinajstić information content (AvgIpc) is 2.36. The highest BCUT2D eigenvalue weighted by atomic mass is 19.1. The maximum Gasteiger partial charge on any atom is 0.324 e. The molecule has 0 aliphatic rings. The fourth-order valence-electron chi connectivity index (χ4n) is 1.75. The van der Waals surface area contributed by atoms with E-state index in [4.69, 9.17) is 10.5 Å². The van der Waals surface area contributed by atoms with Gasteiger partial charge in [0, 0.05) is 6.54 Å². The maximum absolute atomic E-state index is 12.9. The number of benzene rings is 1. The number of ether oxygens (including phenoxy) is 1. The SMILES string of the molecule is CCOC(=O)C(N)CNCCc1ccc(F)cc1C. The van der Waals surface area contributed by atoms with Crippen molar-refractivity contribution in [2.24, 2.45) is 5.73 Å². The van der Waals surface area contributed by atoms with Crippen LogP contribution in [0, 0.1) is 12.7 Å². The van der Waals surface area contributed by atoms with Crippen LogP contribution in [0.15, 0.2) is 18.2 Å². The van der Waals surface area contributed by atoms with Gasteiger partial charge >= 0.3 is 5.97 Å². The minimum Gasteiger partial charge on any atom is -0.465 e. The molecule has 4 nitrogen and oxygen atoms in total. The van der Waals surface area contributed by atoms with E-state index in [0.29, 0.717) is 19.7 Å². The van der Waals surface area contributed by atoms with E-state index in [-0.39, 0.29) is 5.82 Å². The van der Waals surface area contributed by atoms with E-state index in [2.05, 4.69) is 5.32 Å². The van der Waals surface area contributed by atoms with Crippen molar-refractivity contribution in [2.75, 3.05) is 19.7 Å². The number of halogens is 1. The monoisotopic (exact) mass is 268 g/mol. The number of carbonyl (C=O) groups excluding carboxylic acids is 1. The van der Waals surface area contributed by atoms with Crippen LogP contribution in [-0.2, 0) is 16.0 Å². The van der Waals surface area contributed by atoms with Gasteiger partial charge in [-0.25, -0.2) is 4.39 Å². The molecule has 5 heteroatoms. The van der Waals surface area contributed by atoms with Gasteiger partial charge in [-0.1, -0.05) is 6.07 Å². The highest BCUT2D eigenvalue weighted by Gasteiger charge is 2.13. The lowest BCUT2D eigenvalue weighted by atomic mass is 10.1. The second-order valence-corrected chi connectivity index (χ2v) is 4.38. The molecule has 0 saturated heterocycles. The summed E-state index contributed by atoms with van der Waals surface area (Å²) in [6.45, 7) is 5.01. The third-order valence-electron chi connectivity index (χ3n) is 2.83. The molecule has 0 bridgehead atoms. The topological polar surface area (TPSA) is 64.3 Å². The molecule has 0 radical (unpaired) electrons. The highest BCUT2D eigenvalue weighted by Crippen LogP contribution is 2.10. The van der Waals surface area contributed by atoms with Crippen molar-refractivity contribution in [1.29, 1.82) is 0 Å². The Morgan fingerprint density at radius 2 is 2.26 bits per heavy atom. The largest absolute Gasteiger partial charge is 0.465 e. The molecule has 1 atom stereocenters. The summed E-state index contributed by atoms with van der Waals surface area (Å²) < 4.78 is 17.7. The summed E-state index contributed by atoms with van der Waals surface area (Å²) in [5.74, 6) is -0.619. The quantitative estimate of drug-likeness (QED) is 0.575. The van der Waals surface area contributed by atoms with Gasteiger partial charge in [0.15, 0.2) is 0 Å². The van der Waals surface area contributed by atoms with Gasteiger partial charge < -0.3 is 15.8 Å². The van der Waals surface area contributed by atoms with Crippen LogP contribution in [0.5, 0.6) is 0 Å². The Balaban J connectivity index is 2.29. The van der Waals surface area contributed by atoms with E-state index in [1.54, 1.807) is 13.0 Å². The zero-order valence-corrected chi connectivity index (χ0v) is 11.4. The van der Waals surface area contributed by atoms with Gasteiger partial charge in [-0.15, -0.1) is 0 Å². The molecule has 1 aromatic carbocycles. The lowest BCUT2D eigenvalue weighted by Crippen LogP contribution is -2.42. The predicted molar refractivity (Wildman–Crippen MR) is 72.3 cm³/mol. The van der Waals surface area contributed by atoms with E-state index in [0.717, 1.165) is 17.5 Å². The fraction of sp³-hybridized carbons (Fsp3) is 0.500. The molecule has 1 rings (SSSR count). The van der Waals surface area contributed by atoms with Crippen molar-refractivity contribution in [2.45, 2.75) is 26.3 Å². The third-order valence-corrected chi connectivity index (χ3v) is 2.83. The van der Waals surface area contributed by atoms with Crippen LogP contribution in [0.3, 0.4) is 0 Å². The van der Waals surface area contributed by atoms with Gasteiger partial charge in [0.2, 0.25) is 0 Å². The van der Waals surface area contributed by atoms with Crippen molar-refractivity contribution >= 4 is 5.97 Å². The molecule has 0 aliphatic carbocycles. The number of nitrogens with two attached hydrogens (primary N) is 1. The lowest BCUT2D eigenvalue weighted by Gasteiger charge is -2.12. The van der Waals surface area contributed by atoms with E-state index < -0.39 is 12.0 Å². The van der Waals surface area contributed by atoms with Gasteiger partial charge in [0.1, 0.15) is 11.9 Å². The number of aryl methyl sites for hydroxylation is 1. The van der Waals surface area contributed by atoms with Crippen LogP contribution >= 0.6 is 0 Å². The molecule has 0 heterocycles. The second kappa shape index (κ2) is 7.86. The first kappa shape index (κ1) is 15.6. The molecule has 0 fully saturated rings. The van der Waals surface area contributed by atoms with Gasteiger partial charge in [0.05, 0.1) is 6.61 Å². The molecule has 0 aromatic heterocycles. The lowest BCUT2D eigenvalue weighted by molar-refractivity contribution is -0.144. The Hall–Kier alpha value is -1.46. The van der Waals surface area contributed by atoms with Gasteiger partial charge in [-0.2, -0.15) is 0 Å². The standard InChI is InChI=1S/C14H21FN2O2/c1-3-19-14(18)13(16)9-17-7-6-11-4-5-12(15)8-10(11)2/h4-5,8,13,17H,3,6-7,9,16H2,1-2H3. The van der Waals surface area contributed by atoms with Crippen LogP contribution in [-0.4, -0.2) is 31.7 Å². The number of carbonyl (C=O) groups is 1. The minimum atomic E-state index is -0.644. The average molecular weight is 268 g/mol.